The Morgan fingerprint density at radius 3 is 1.41 bits per heavy atom. The van der Waals surface area contributed by atoms with Crippen LogP contribution in [-0.4, -0.2) is 89.2 Å². The molecule has 0 aliphatic carbocycles. The minimum atomic E-state index is -3.85. The minimum absolute atomic E-state index is 0.560. The van der Waals surface area contributed by atoms with Crippen LogP contribution in [0.15, 0.2) is 0 Å². The largest absolute Gasteiger partial charge is 0.382 e. The van der Waals surface area contributed by atoms with Crippen LogP contribution in [-0.2, 0) is 28.7 Å². The molecule has 1 unspecified atom stereocenters. The first-order valence-electron chi connectivity index (χ1n) is 7.77. The number of Topliss-reactive ketones (excluding diaryl/α,β-unsaturated/α-hetero) is 5. The third-order valence-corrected chi connectivity index (χ3v) is 5.01. The van der Waals surface area contributed by atoms with Crippen LogP contribution in [0.1, 0.15) is 34.6 Å². The van der Waals surface area contributed by atoms with E-state index in [0.29, 0.717) is 27.7 Å². The van der Waals surface area contributed by atoms with Crippen LogP contribution in [0.4, 0.5) is 0 Å². The van der Waals surface area contributed by atoms with Crippen LogP contribution in [0.5, 0.6) is 0 Å². The summed E-state index contributed by atoms with van der Waals surface area (Å²) in [4.78, 5) is 60.3. The van der Waals surface area contributed by atoms with Crippen LogP contribution in [0.2, 0.25) is 0 Å². The maximum atomic E-state index is 12.3. The Hall–Kier alpha value is -1.89. The summed E-state index contributed by atoms with van der Waals surface area (Å²) in [6.45, 7) is 3.15. The van der Waals surface area contributed by atoms with Gasteiger partial charge in [-0.15, -0.1) is 0 Å². The molecule has 1 aliphatic rings. The molecule has 0 aromatic carbocycles. The second-order valence-corrected chi connectivity index (χ2v) is 6.65. The standard InChI is InChI=1S/C16H22O11/c1-6(17)11(22)12-13(23,7(2)18)14(24,8(3)19)15(25,9(4)20)16(26,27-12)10(5)21/h11-12,22-26H,1-5H3/t11?,12-,13+,14+,15-,16+/m1/s1. The topological polar surface area (TPSA) is 196 Å². The smallest absolute Gasteiger partial charge is 0.267 e. The van der Waals surface area contributed by atoms with Crippen molar-refractivity contribution in [3.63, 3.8) is 0 Å². The highest BCUT2D eigenvalue weighted by Crippen LogP contribution is 2.51. The van der Waals surface area contributed by atoms with Gasteiger partial charge >= 0.3 is 0 Å². The number of aliphatic hydroxyl groups excluding tert-OH is 1. The fourth-order valence-electron chi connectivity index (χ4n) is 3.40. The number of ether oxygens (including phenoxy) is 1. The summed E-state index contributed by atoms with van der Waals surface area (Å²) in [5.41, 5.74) is -11.3. The third kappa shape index (κ3) is 2.54. The molecule has 1 heterocycles. The maximum absolute atomic E-state index is 12.3. The molecule has 1 rings (SSSR count). The molecule has 6 atom stereocenters. The van der Waals surface area contributed by atoms with E-state index in [0.717, 1.165) is 6.92 Å². The van der Waals surface area contributed by atoms with Gasteiger partial charge in [-0.3, -0.25) is 24.0 Å². The molecule has 0 saturated carbocycles. The van der Waals surface area contributed by atoms with Crippen LogP contribution >= 0.6 is 0 Å². The van der Waals surface area contributed by atoms with Crippen LogP contribution in [0.25, 0.3) is 0 Å². The highest BCUT2D eigenvalue weighted by Gasteiger charge is 2.84. The maximum Gasteiger partial charge on any atom is 0.267 e. The van der Waals surface area contributed by atoms with Crippen molar-refractivity contribution in [1.82, 2.24) is 0 Å². The molecule has 0 radical (unpaired) electrons. The van der Waals surface area contributed by atoms with Gasteiger partial charge in [-0.25, -0.2) is 0 Å². The Bertz CT molecular complexity index is 730. The van der Waals surface area contributed by atoms with Crippen molar-refractivity contribution in [1.29, 1.82) is 0 Å². The zero-order chi connectivity index (χ0) is 21.7. The Morgan fingerprint density at radius 1 is 0.741 bits per heavy atom. The molecule has 11 heteroatoms. The summed E-state index contributed by atoms with van der Waals surface area (Å²) in [6.07, 6.45) is -5.00. The summed E-state index contributed by atoms with van der Waals surface area (Å²) >= 11 is 0. The summed E-state index contributed by atoms with van der Waals surface area (Å²) in [6, 6.07) is 0. The van der Waals surface area contributed by atoms with E-state index >= 15 is 0 Å². The number of carbonyl (C=O) groups excluding carboxylic acids is 5. The van der Waals surface area contributed by atoms with E-state index in [9.17, 15) is 49.5 Å². The van der Waals surface area contributed by atoms with Gasteiger partial charge in [0.1, 0.15) is 12.2 Å². The lowest BCUT2D eigenvalue weighted by Crippen LogP contribution is -2.91. The SMILES string of the molecule is CC(=O)C(O)[C@H]1O[C@@](O)(C(C)=O)[C@@](O)(C(C)=O)[C@](O)(C(C)=O)[C@]1(O)C(C)=O. The molecule has 11 nitrogen and oxygen atoms in total. The fraction of sp³-hybridized carbons (Fsp3) is 0.688. The monoisotopic (exact) mass is 390 g/mol. The number of carbonyl (C=O) groups is 5. The highest BCUT2D eigenvalue weighted by atomic mass is 16.7. The van der Waals surface area contributed by atoms with Gasteiger partial charge in [0.2, 0.25) is 11.2 Å². The fourth-order valence-corrected chi connectivity index (χ4v) is 3.40. The Morgan fingerprint density at radius 2 is 1.15 bits per heavy atom. The molecular weight excluding hydrogens is 368 g/mol. The normalized spacial score (nSPS) is 40.1. The van der Waals surface area contributed by atoms with E-state index in [2.05, 4.69) is 0 Å². The quantitative estimate of drug-likeness (QED) is 0.303. The van der Waals surface area contributed by atoms with Gasteiger partial charge in [-0.2, -0.15) is 0 Å². The Kier molecular flexibility index (Phi) is 5.67. The third-order valence-electron chi connectivity index (χ3n) is 5.01. The Balaban J connectivity index is 4.15. The van der Waals surface area contributed by atoms with Crippen molar-refractivity contribution < 1.29 is 54.2 Å². The average Bonchev–Trinajstić information content (AvgIpc) is 2.54. The summed E-state index contributed by atoms with van der Waals surface area (Å²) < 4.78 is 4.84. The van der Waals surface area contributed by atoms with Crippen LogP contribution < -0.4 is 0 Å². The number of hydrogen-bond acceptors (Lipinski definition) is 11. The first-order chi connectivity index (χ1) is 12.0. The van der Waals surface area contributed by atoms with Crippen molar-refractivity contribution in [2.45, 2.75) is 69.4 Å². The van der Waals surface area contributed by atoms with Crippen molar-refractivity contribution in [2.24, 2.45) is 0 Å². The summed E-state index contributed by atoms with van der Waals surface area (Å²) in [5.74, 6) is -11.0. The first kappa shape index (κ1) is 23.1. The lowest BCUT2D eigenvalue weighted by molar-refractivity contribution is -0.394. The number of aliphatic hydroxyl groups is 5. The molecule has 152 valence electrons. The average molecular weight is 390 g/mol. The molecule has 0 bridgehead atoms. The van der Waals surface area contributed by atoms with E-state index in [1.807, 2.05) is 0 Å². The lowest BCUT2D eigenvalue weighted by atomic mass is 9.57. The molecular formula is C16H22O11. The summed E-state index contributed by atoms with van der Waals surface area (Å²) in [7, 11) is 0. The zero-order valence-electron chi connectivity index (χ0n) is 15.3. The molecule has 0 amide bonds. The highest BCUT2D eigenvalue weighted by molar-refractivity contribution is 6.09. The van der Waals surface area contributed by atoms with Gasteiger partial charge in [0.25, 0.3) is 5.79 Å². The van der Waals surface area contributed by atoms with E-state index in [4.69, 9.17) is 4.74 Å². The molecule has 1 fully saturated rings. The summed E-state index contributed by atoms with van der Waals surface area (Å²) in [5, 5.41) is 53.5. The Labute approximate surface area is 153 Å². The van der Waals surface area contributed by atoms with Gasteiger partial charge in [-0.05, 0) is 27.7 Å². The van der Waals surface area contributed by atoms with Crippen molar-refractivity contribution in [3.05, 3.63) is 0 Å². The lowest BCUT2D eigenvalue weighted by Gasteiger charge is -2.60. The van der Waals surface area contributed by atoms with Gasteiger partial charge in [-0.1, -0.05) is 0 Å². The number of hydrogen-bond donors (Lipinski definition) is 5. The molecule has 1 saturated heterocycles. The molecule has 0 aromatic rings. The second-order valence-electron chi connectivity index (χ2n) is 6.65. The van der Waals surface area contributed by atoms with Gasteiger partial charge in [0, 0.05) is 6.92 Å². The first-order valence-corrected chi connectivity index (χ1v) is 7.77. The predicted octanol–water partition coefficient (Wildman–Crippen LogP) is -3.43. The van der Waals surface area contributed by atoms with Crippen LogP contribution in [0.3, 0.4) is 0 Å². The van der Waals surface area contributed by atoms with Crippen LogP contribution in [0, 0.1) is 0 Å². The number of rotatable bonds is 6. The zero-order valence-corrected chi connectivity index (χ0v) is 15.3. The number of ketones is 5. The molecule has 1 aliphatic heterocycles. The van der Waals surface area contributed by atoms with E-state index < -0.39 is 63.7 Å². The molecule has 0 spiro atoms. The van der Waals surface area contributed by atoms with Gasteiger partial charge in [0.15, 0.2) is 34.5 Å². The van der Waals surface area contributed by atoms with Gasteiger partial charge < -0.3 is 30.3 Å². The van der Waals surface area contributed by atoms with Crippen molar-refractivity contribution >= 4 is 28.9 Å². The van der Waals surface area contributed by atoms with E-state index in [1.54, 1.807) is 0 Å². The van der Waals surface area contributed by atoms with Crippen molar-refractivity contribution in [2.75, 3.05) is 0 Å². The van der Waals surface area contributed by atoms with E-state index in [1.165, 1.54) is 0 Å². The second kappa shape index (κ2) is 6.62. The minimum Gasteiger partial charge on any atom is -0.382 e. The molecule has 0 aromatic heterocycles. The predicted molar refractivity (Wildman–Crippen MR) is 84.1 cm³/mol. The molecule has 27 heavy (non-hydrogen) atoms. The van der Waals surface area contributed by atoms with Crippen molar-refractivity contribution in [3.8, 4) is 0 Å². The van der Waals surface area contributed by atoms with E-state index in [-0.39, 0.29) is 0 Å². The van der Waals surface area contributed by atoms with Gasteiger partial charge in [0.05, 0.1) is 0 Å². The molecule has 5 N–H and O–H groups in total.